The molecule has 7 fully saturated rings. The Kier molecular flexibility index (Phi) is 10.7. The number of cyclic esters (lactones) is 1. The van der Waals surface area contributed by atoms with Crippen molar-refractivity contribution in [3.8, 4) is 0 Å². The molecule has 0 aromatic rings. The van der Waals surface area contributed by atoms with Crippen molar-refractivity contribution in [2.75, 3.05) is 6.61 Å². The average Bonchev–Trinajstić information content (AvgIpc) is 3.65. The van der Waals surface area contributed by atoms with E-state index in [4.69, 9.17) is 33.2 Å². The topological polar surface area (TPSA) is 183 Å². The van der Waals surface area contributed by atoms with E-state index in [0.29, 0.717) is 31.3 Å². The zero-order chi connectivity index (χ0) is 37.4. The maximum Gasteiger partial charge on any atom is 0.331 e. The lowest BCUT2D eigenvalue weighted by molar-refractivity contribution is -0.360. The van der Waals surface area contributed by atoms with Crippen molar-refractivity contribution in [2.24, 2.45) is 34.5 Å². The number of hydrogen-bond acceptors (Lipinski definition) is 13. The highest BCUT2D eigenvalue weighted by Gasteiger charge is 2.68. The van der Waals surface area contributed by atoms with E-state index in [0.717, 1.165) is 63.4 Å². The van der Waals surface area contributed by atoms with Crippen LogP contribution < -0.4 is 0 Å². The summed E-state index contributed by atoms with van der Waals surface area (Å²) in [7, 11) is 0. The number of ether oxygens (including phenoxy) is 7. The van der Waals surface area contributed by atoms with Crippen molar-refractivity contribution >= 4 is 5.97 Å². The largest absolute Gasteiger partial charge is 0.458 e. The van der Waals surface area contributed by atoms with Crippen molar-refractivity contribution in [2.45, 2.75) is 191 Å². The number of rotatable bonds is 7. The van der Waals surface area contributed by atoms with Gasteiger partial charge in [0.15, 0.2) is 25.2 Å². The number of carbonyl (C=O) groups excluding carboxylic acids is 1. The van der Waals surface area contributed by atoms with Gasteiger partial charge in [-0.3, -0.25) is 0 Å². The summed E-state index contributed by atoms with van der Waals surface area (Å²) in [6.45, 7) is 8.60. The van der Waals surface area contributed by atoms with Crippen LogP contribution in [0.1, 0.15) is 111 Å². The highest BCUT2D eigenvalue weighted by Crippen LogP contribution is 2.70. The molecule has 13 nitrogen and oxygen atoms in total. The second kappa shape index (κ2) is 14.6. The Labute approximate surface area is 312 Å². The first-order chi connectivity index (χ1) is 25.2. The van der Waals surface area contributed by atoms with Crippen LogP contribution in [0, 0.1) is 34.5 Å². The van der Waals surface area contributed by atoms with E-state index in [1.165, 1.54) is 0 Å². The van der Waals surface area contributed by atoms with Gasteiger partial charge in [0, 0.05) is 30.8 Å². The molecule has 8 rings (SSSR count). The molecule has 0 aromatic carbocycles. The van der Waals surface area contributed by atoms with E-state index < -0.39 is 67.4 Å². The van der Waals surface area contributed by atoms with Crippen LogP contribution in [0.3, 0.4) is 0 Å². The number of carbonyl (C=O) groups is 1. The number of aliphatic hydroxyl groups excluding tert-OH is 4. The van der Waals surface area contributed by atoms with Crippen LogP contribution in [0.25, 0.3) is 0 Å². The quantitative estimate of drug-likeness (QED) is 0.189. The van der Waals surface area contributed by atoms with Crippen LogP contribution in [0.5, 0.6) is 0 Å². The van der Waals surface area contributed by atoms with E-state index in [9.17, 15) is 30.3 Å². The molecule has 4 aliphatic heterocycles. The summed E-state index contributed by atoms with van der Waals surface area (Å²) in [4.78, 5) is 11.9. The molecule has 0 amide bonds. The molecule has 3 saturated heterocycles. The minimum absolute atomic E-state index is 0.0693. The third kappa shape index (κ3) is 6.85. The van der Waals surface area contributed by atoms with Gasteiger partial charge in [0.05, 0.1) is 42.2 Å². The second-order valence-corrected chi connectivity index (χ2v) is 18.3. The van der Waals surface area contributed by atoms with Gasteiger partial charge < -0.3 is 58.7 Å². The molecule has 300 valence electrons. The summed E-state index contributed by atoms with van der Waals surface area (Å²) in [6.07, 6.45) is 2.34. The first-order valence-corrected chi connectivity index (χ1v) is 20.4. The van der Waals surface area contributed by atoms with Gasteiger partial charge in [0.1, 0.15) is 18.8 Å². The predicted molar refractivity (Wildman–Crippen MR) is 186 cm³/mol. The second-order valence-electron chi connectivity index (χ2n) is 18.3. The van der Waals surface area contributed by atoms with Crippen LogP contribution in [0.15, 0.2) is 11.6 Å². The maximum atomic E-state index is 12.5. The number of hydrogen-bond donors (Lipinski definition) is 5. The molecule has 0 spiro atoms. The van der Waals surface area contributed by atoms with Crippen molar-refractivity contribution in [1.29, 1.82) is 0 Å². The van der Waals surface area contributed by atoms with Gasteiger partial charge in [-0.2, -0.15) is 0 Å². The van der Waals surface area contributed by atoms with Gasteiger partial charge in [-0.05, 0) is 113 Å². The predicted octanol–water partition coefficient (Wildman–Crippen LogP) is 3.21. The fraction of sp³-hybridized carbons (Fsp3) is 0.925. The SMILES string of the molecule is C[C@H]1O[C@@H](O[C@H]2[C@@H](O)C[C@H](O[C@H]3CC[C@@]4(C)[C@@H](CCC5[C@@H]4CC[C@]4(C)[C@@H](C6=CC(=O)OC6)CC[C@]54O)C3)O[C@@H]2O)C[C@H](O)[C@@H]1O[C@H]1CC[C@H](O)[C@@H](C)O1. The van der Waals surface area contributed by atoms with Gasteiger partial charge >= 0.3 is 5.97 Å². The smallest absolute Gasteiger partial charge is 0.331 e. The number of aliphatic hydroxyl groups is 5. The Morgan fingerprint density at radius 1 is 0.698 bits per heavy atom. The van der Waals surface area contributed by atoms with Gasteiger partial charge in [-0.1, -0.05) is 13.8 Å². The van der Waals surface area contributed by atoms with Gasteiger partial charge in [0.25, 0.3) is 0 Å². The maximum absolute atomic E-state index is 12.5. The third-order valence-corrected chi connectivity index (χ3v) is 15.5. The lowest BCUT2D eigenvalue weighted by atomic mass is 9.43. The van der Waals surface area contributed by atoms with E-state index in [2.05, 4.69) is 13.8 Å². The highest BCUT2D eigenvalue weighted by molar-refractivity contribution is 5.85. The third-order valence-electron chi connectivity index (χ3n) is 15.5. The molecule has 4 heterocycles. The van der Waals surface area contributed by atoms with E-state index in [1.54, 1.807) is 19.9 Å². The summed E-state index contributed by atoms with van der Waals surface area (Å²) < 4.78 is 41.4. The summed E-state index contributed by atoms with van der Waals surface area (Å²) in [5.41, 5.74) is 0.134. The average molecular weight is 751 g/mol. The van der Waals surface area contributed by atoms with Crippen LogP contribution in [-0.2, 0) is 38.0 Å². The molecule has 0 bridgehead atoms. The zero-order valence-corrected chi connectivity index (χ0v) is 31.7. The Morgan fingerprint density at radius 2 is 1.42 bits per heavy atom. The molecular weight excluding hydrogens is 688 g/mol. The molecule has 8 aliphatic rings. The molecule has 5 N–H and O–H groups in total. The Balaban J connectivity index is 0.828. The fourth-order valence-electron chi connectivity index (χ4n) is 12.5. The Bertz CT molecular complexity index is 1350. The number of fused-ring (bicyclic) bond motifs is 5. The standard InChI is InChI=1S/C40H62O13/c1-20-28(41)7-8-32(48-20)51-35-21(2)49-33(17-29(35)42)52-36-30(43)18-34(53-37(36)45)50-24-9-12-38(3)23(16-24)5-6-27-26(38)10-13-39(4)25(11-14-40(27,39)46)22-15-31(44)47-19-22/h15,20-21,23-30,32-37,41-43,45-46H,5-14,16-19H2,1-4H3/t20-,21-,23+,24+,25-,26+,27?,28+,29+,30+,32+,33+,34-,35-,36+,37+,38+,39-,40+/m1/s1. The van der Waals surface area contributed by atoms with Crippen molar-refractivity contribution in [3.63, 3.8) is 0 Å². The summed E-state index contributed by atoms with van der Waals surface area (Å²) in [5.74, 6) is 1.01. The fourth-order valence-corrected chi connectivity index (χ4v) is 12.5. The lowest BCUT2D eigenvalue weighted by Gasteiger charge is -2.63. The normalized spacial score (nSPS) is 54.4. The summed E-state index contributed by atoms with van der Waals surface area (Å²) in [5, 5.41) is 55.5. The van der Waals surface area contributed by atoms with E-state index in [-0.39, 0.29) is 53.7 Å². The van der Waals surface area contributed by atoms with Gasteiger partial charge in [-0.15, -0.1) is 0 Å². The van der Waals surface area contributed by atoms with Crippen LogP contribution >= 0.6 is 0 Å². The minimum Gasteiger partial charge on any atom is -0.458 e. The summed E-state index contributed by atoms with van der Waals surface area (Å²) >= 11 is 0. The van der Waals surface area contributed by atoms with Crippen LogP contribution in [0.2, 0.25) is 0 Å². The lowest BCUT2D eigenvalue weighted by Crippen LogP contribution is -2.62. The molecule has 4 saturated carbocycles. The van der Waals surface area contributed by atoms with Gasteiger partial charge in [0.2, 0.25) is 0 Å². The monoisotopic (exact) mass is 750 g/mol. The first-order valence-electron chi connectivity index (χ1n) is 20.4. The molecule has 13 heteroatoms. The Morgan fingerprint density at radius 3 is 2.11 bits per heavy atom. The Hall–Kier alpha value is -1.23. The van der Waals surface area contributed by atoms with E-state index >= 15 is 0 Å². The molecule has 1 unspecified atom stereocenters. The molecule has 0 aromatic heterocycles. The molecule has 4 aliphatic carbocycles. The molecular formula is C40H62O13. The molecule has 0 radical (unpaired) electrons. The van der Waals surface area contributed by atoms with Crippen LogP contribution in [0.4, 0.5) is 0 Å². The molecule has 53 heavy (non-hydrogen) atoms. The molecule has 19 atom stereocenters. The van der Waals surface area contributed by atoms with Crippen molar-refractivity contribution in [3.05, 3.63) is 11.6 Å². The first kappa shape index (κ1) is 38.6. The number of esters is 1. The van der Waals surface area contributed by atoms with Crippen molar-refractivity contribution < 1.29 is 63.5 Å². The summed E-state index contributed by atoms with van der Waals surface area (Å²) in [6, 6.07) is 0. The van der Waals surface area contributed by atoms with Crippen LogP contribution in [-0.4, -0.2) is 118 Å². The highest BCUT2D eigenvalue weighted by atomic mass is 16.8. The van der Waals surface area contributed by atoms with E-state index in [1.807, 2.05) is 0 Å². The van der Waals surface area contributed by atoms with Crippen molar-refractivity contribution in [1.82, 2.24) is 0 Å². The zero-order valence-electron chi connectivity index (χ0n) is 31.7. The minimum atomic E-state index is -1.45. The van der Waals surface area contributed by atoms with Gasteiger partial charge in [-0.25, -0.2) is 4.79 Å².